The van der Waals surface area contributed by atoms with Crippen molar-refractivity contribution in [2.45, 2.75) is 25.5 Å². The van der Waals surface area contributed by atoms with Crippen molar-refractivity contribution in [3.63, 3.8) is 0 Å². The van der Waals surface area contributed by atoms with Gasteiger partial charge in [0.15, 0.2) is 0 Å². The third-order valence-electron chi connectivity index (χ3n) is 5.39. The molecular formula is C25H27N3O4S. The fourth-order valence-corrected chi connectivity index (χ4v) is 4.14. The average molecular weight is 466 g/mol. The van der Waals surface area contributed by atoms with Crippen LogP contribution >= 0.6 is 11.8 Å². The van der Waals surface area contributed by atoms with Gasteiger partial charge in [-0.3, -0.25) is 4.79 Å². The van der Waals surface area contributed by atoms with Gasteiger partial charge in [-0.05, 0) is 65.8 Å². The van der Waals surface area contributed by atoms with E-state index >= 15 is 0 Å². The Balaban J connectivity index is 2.06. The second-order valence-corrected chi connectivity index (χ2v) is 8.54. The molecule has 0 saturated heterocycles. The molecule has 8 heteroatoms. The van der Waals surface area contributed by atoms with Crippen LogP contribution in [0.1, 0.15) is 39.6 Å². The Labute approximate surface area is 197 Å². The number of benzene rings is 2. The highest BCUT2D eigenvalue weighted by molar-refractivity contribution is 7.98. The number of aryl methyl sites for hydroxylation is 1. The van der Waals surface area contributed by atoms with Crippen LogP contribution in [0, 0.1) is 6.92 Å². The Morgan fingerprint density at radius 1 is 1.09 bits per heavy atom. The summed E-state index contributed by atoms with van der Waals surface area (Å²) < 4.78 is 5.74. The summed E-state index contributed by atoms with van der Waals surface area (Å²) in [7, 11) is 1.61. The fourth-order valence-electron chi connectivity index (χ4n) is 3.67. The van der Waals surface area contributed by atoms with E-state index in [2.05, 4.69) is 15.5 Å². The first kappa shape index (κ1) is 24.4. The van der Waals surface area contributed by atoms with Gasteiger partial charge in [0.05, 0.1) is 6.20 Å². The van der Waals surface area contributed by atoms with Crippen LogP contribution < -0.4 is 5.32 Å². The van der Waals surface area contributed by atoms with Gasteiger partial charge in [0.2, 0.25) is 0 Å². The number of hydrogen-bond donors (Lipinski definition) is 2. The smallest absolute Gasteiger partial charge is 0.326 e. The van der Waals surface area contributed by atoms with Gasteiger partial charge in [-0.25, -0.2) is 4.79 Å². The van der Waals surface area contributed by atoms with Crippen molar-refractivity contribution >= 4 is 23.6 Å². The molecule has 0 aliphatic rings. The molecule has 0 aliphatic heterocycles. The van der Waals surface area contributed by atoms with E-state index in [-0.39, 0.29) is 0 Å². The van der Waals surface area contributed by atoms with Crippen molar-refractivity contribution in [3.05, 3.63) is 83.2 Å². The predicted octanol–water partition coefficient (Wildman–Crippen LogP) is 4.12. The number of amides is 1. The summed E-state index contributed by atoms with van der Waals surface area (Å²) in [5, 5.41) is 20.0. The van der Waals surface area contributed by atoms with E-state index in [1.54, 1.807) is 25.6 Å². The van der Waals surface area contributed by atoms with Gasteiger partial charge in [0, 0.05) is 24.4 Å². The molecule has 2 atom stereocenters. The summed E-state index contributed by atoms with van der Waals surface area (Å²) >= 11 is 1.54. The van der Waals surface area contributed by atoms with Crippen LogP contribution in [-0.4, -0.2) is 52.3 Å². The van der Waals surface area contributed by atoms with Gasteiger partial charge < -0.3 is 15.2 Å². The van der Waals surface area contributed by atoms with E-state index in [9.17, 15) is 14.7 Å². The van der Waals surface area contributed by atoms with Crippen LogP contribution in [-0.2, 0) is 9.53 Å². The summed E-state index contributed by atoms with van der Waals surface area (Å²) in [5.74, 6) is -0.833. The van der Waals surface area contributed by atoms with Crippen molar-refractivity contribution in [3.8, 4) is 11.1 Å². The second kappa shape index (κ2) is 11.6. The number of ether oxygens (including phenoxy) is 1. The van der Waals surface area contributed by atoms with Crippen LogP contribution in [0.2, 0.25) is 0 Å². The lowest BCUT2D eigenvalue weighted by molar-refractivity contribution is -0.139. The van der Waals surface area contributed by atoms with Crippen LogP contribution in [0.15, 0.2) is 60.9 Å². The Morgan fingerprint density at radius 3 is 2.52 bits per heavy atom. The molecule has 2 unspecified atom stereocenters. The fraction of sp³-hybridized carbons (Fsp3) is 0.280. The molecule has 0 bridgehead atoms. The molecule has 2 N–H and O–H groups in total. The zero-order chi connectivity index (χ0) is 23.8. The first-order valence-electron chi connectivity index (χ1n) is 10.5. The molecule has 7 nitrogen and oxygen atoms in total. The minimum absolute atomic E-state index is 0.348. The Bertz CT molecular complexity index is 1110. The molecule has 1 aromatic heterocycles. The number of methoxy groups -OCH3 is 1. The van der Waals surface area contributed by atoms with Crippen LogP contribution in [0.4, 0.5) is 0 Å². The van der Waals surface area contributed by atoms with Crippen LogP contribution in [0.3, 0.4) is 0 Å². The number of nitrogens with one attached hydrogen (secondary N) is 1. The molecule has 172 valence electrons. The van der Waals surface area contributed by atoms with E-state index in [1.807, 2.05) is 55.6 Å². The highest BCUT2D eigenvalue weighted by Crippen LogP contribution is 2.33. The molecular weight excluding hydrogens is 438 g/mol. The van der Waals surface area contributed by atoms with Gasteiger partial charge in [0.25, 0.3) is 5.91 Å². The first-order valence-corrected chi connectivity index (χ1v) is 11.9. The summed E-state index contributed by atoms with van der Waals surface area (Å²) in [4.78, 5) is 24.9. The maximum absolute atomic E-state index is 13.2. The van der Waals surface area contributed by atoms with Crippen molar-refractivity contribution in [2.24, 2.45) is 0 Å². The summed E-state index contributed by atoms with van der Waals surface area (Å²) in [6, 6.07) is 14.1. The predicted molar refractivity (Wildman–Crippen MR) is 129 cm³/mol. The number of thioether (sulfide) groups is 1. The maximum atomic E-state index is 13.2. The third kappa shape index (κ3) is 5.97. The lowest BCUT2D eigenvalue weighted by Crippen LogP contribution is -2.41. The van der Waals surface area contributed by atoms with Crippen LogP contribution in [0.5, 0.6) is 0 Å². The van der Waals surface area contributed by atoms with Crippen LogP contribution in [0.25, 0.3) is 11.1 Å². The van der Waals surface area contributed by atoms with Gasteiger partial charge in [-0.15, -0.1) is 0 Å². The molecule has 2 aromatic carbocycles. The van der Waals surface area contributed by atoms with Gasteiger partial charge >= 0.3 is 5.97 Å². The second-order valence-electron chi connectivity index (χ2n) is 7.56. The third-order valence-corrected chi connectivity index (χ3v) is 6.03. The standard InChI is InChI=1S/C25H27N3O4S/c1-16-6-4-5-7-19(16)21-14-17(23(32-2)18-10-12-26-27-15-18)8-9-20(21)24(29)28-22(25(30)31)11-13-33-3/h4-10,12,14-15,22-23H,11,13H2,1-3H3,(H,28,29)(H,30,31). The number of hydrogen-bond acceptors (Lipinski definition) is 6. The number of rotatable bonds is 10. The zero-order valence-electron chi connectivity index (χ0n) is 18.8. The summed E-state index contributed by atoms with van der Waals surface area (Å²) in [5.41, 5.74) is 4.69. The largest absolute Gasteiger partial charge is 0.480 e. The monoisotopic (exact) mass is 465 g/mol. The van der Waals surface area contributed by atoms with E-state index in [1.165, 1.54) is 11.8 Å². The van der Waals surface area contributed by atoms with E-state index in [0.717, 1.165) is 22.3 Å². The number of carbonyl (C=O) groups excluding carboxylic acids is 1. The molecule has 3 aromatic rings. The van der Waals surface area contributed by atoms with Gasteiger partial charge in [0.1, 0.15) is 12.1 Å². The van der Waals surface area contributed by atoms with Crippen molar-refractivity contribution < 1.29 is 19.4 Å². The van der Waals surface area contributed by atoms with Gasteiger partial charge in [-0.2, -0.15) is 22.0 Å². The van der Waals surface area contributed by atoms with Crippen molar-refractivity contribution in [1.82, 2.24) is 15.5 Å². The molecule has 0 fully saturated rings. The number of carbonyl (C=O) groups is 2. The molecule has 1 heterocycles. The number of carboxylic acids is 1. The van der Waals surface area contributed by atoms with Gasteiger partial charge in [-0.1, -0.05) is 30.3 Å². The zero-order valence-corrected chi connectivity index (χ0v) is 19.6. The highest BCUT2D eigenvalue weighted by Gasteiger charge is 2.24. The highest BCUT2D eigenvalue weighted by atomic mass is 32.2. The summed E-state index contributed by atoms with van der Waals surface area (Å²) in [6.07, 6.45) is 5.10. The molecule has 0 radical (unpaired) electrons. The quantitative estimate of drug-likeness (QED) is 0.464. The molecule has 3 rings (SSSR count). The topological polar surface area (TPSA) is 101 Å². The van der Waals surface area contributed by atoms with E-state index in [0.29, 0.717) is 23.3 Å². The normalized spacial score (nSPS) is 12.7. The Hall–Kier alpha value is -3.23. The van der Waals surface area contributed by atoms with E-state index in [4.69, 9.17) is 4.74 Å². The SMILES string of the molecule is COC(c1ccnnc1)c1ccc(C(=O)NC(CCSC)C(=O)O)c(-c2ccccc2C)c1. The molecule has 1 amide bonds. The maximum Gasteiger partial charge on any atom is 0.326 e. The average Bonchev–Trinajstić information content (AvgIpc) is 2.83. The molecule has 0 aliphatic carbocycles. The number of aliphatic carboxylic acids is 1. The molecule has 0 spiro atoms. The Morgan fingerprint density at radius 2 is 1.88 bits per heavy atom. The number of aromatic nitrogens is 2. The number of nitrogens with zero attached hydrogens (tertiary/aromatic N) is 2. The first-order chi connectivity index (χ1) is 16.0. The molecule has 0 saturated carbocycles. The van der Waals surface area contributed by atoms with Crippen molar-refractivity contribution in [1.29, 1.82) is 0 Å². The van der Waals surface area contributed by atoms with E-state index < -0.39 is 24.0 Å². The minimum Gasteiger partial charge on any atom is -0.480 e. The Kier molecular flexibility index (Phi) is 8.57. The summed E-state index contributed by atoms with van der Waals surface area (Å²) in [6.45, 7) is 1.98. The van der Waals surface area contributed by atoms with Crippen molar-refractivity contribution in [2.75, 3.05) is 19.1 Å². The minimum atomic E-state index is -1.05. The lowest BCUT2D eigenvalue weighted by Gasteiger charge is -2.20. The molecule has 33 heavy (non-hydrogen) atoms. The lowest BCUT2D eigenvalue weighted by atomic mass is 9.91. The number of carboxylic acid groups (broad SMARTS) is 1.